The van der Waals surface area contributed by atoms with Crippen molar-refractivity contribution in [3.05, 3.63) is 52.6 Å². The molecule has 0 unspecified atom stereocenters. The van der Waals surface area contributed by atoms with Crippen LogP contribution in [-0.2, 0) is 6.54 Å². The maximum atomic E-state index is 12.5. The maximum absolute atomic E-state index is 12.5. The lowest BCUT2D eigenvalue weighted by molar-refractivity contribution is 0.0975. The van der Waals surface area contributed by atoms with E-state index in [0.717, 1.165) is 16.7 Å². The first-order valence-electron chi connectivity index (χ1n) is 6.57. The fourth-order valence-electron chi connectivity index (χ4n) is 2.41. The number of carbonyl (C=O) groups excluding carboxylic acids is 1. The third-order valence-electron chi connectivity index (χ3n) is 3.80. The summed E-state index contributed by atoms with van der Waals surface area (Å²) in [5, 5.41) is 0. The number of nitrogens with zero attached hydrogens (tertiary/aromatic N) is 2. The van der Waals surface area contributed by atoms with Gasteiger partial charge in [0.1, 0.15) is 0 Å². The molecule has 0 amide bonds. The van der Waals surface area contributed by atoms with Gasteiger partial charge in [-0.1, -0.05) is 6.07 Å². The summed E-state index contributed by atoms with van der Waals surface area (Å²) in [5.74, 6) is 0.218. The maximum Gasteiger partial charge on any atom is 0.165 e. The molecular formula is C16H21ClN2O. The molecule has 0 N–H and O–H groups in total. The Bertz CT molecular complexity index is 577. The zero-order chi connectivity index (χ0) is 14.0. The minimum atomic E-state index is 0. The highest BCUT2D eigenvalue weighted by atomic mass is 35.5. The second-order valence-corrected chi connectivity index (χ2v) is 5.11. The van der Waals surface area contributed by atoms with Crippen molar-refractivity contribution in [2.75, 3.05) is 0 Å². The van der Waals surface area contributed by atoms with Gasteiger partial charge in [0, 0.05) is 30.9 Å². The molecule has 0 spiro atoms. The summed E-state index contributed by atoms with van der Waals surface area (Å²) < 4.78 is 1.94. The Balaban J connectivity index is 0.00000200. The standard InChI is InChI=1S/C16H20N2O.ClH/c1-11-9-12(2)14(4)16(13(11)3)15(19)5-7-18-8-6-17-10-18;/h6,8-10H,5,7H2,1-4H3;1H. The number of Topliss-reactive ketones (excluding diaryl/α,β-unsaturated/α-hetero) is 1. The van der Waals surface area contributed by atoms with Gasteiger partial charge in [0.25, 0.3) is 0 Å². The summed E-state index contributed by atoms with van der Waals surface area (Å²) in [6, 6.07) is 2.15. The average Bonchev–Trinajstić information content (AvgIpc) is 2.87. The van der Waals surface area contributed by atoms with Crippen molar-refractivity contribution in [3.8, 4) is 0 Å². The van der Waals surface area contributed by atoms with Crippen molar-refractivity contribution in [1.29, 1.82) is 0 Å². The number of halogens is 1. The fraction of sp³-hybridized carbons (Fsp3) is 0.375. The molecule has 0 saturated carbocycles. The highest BCUT2D eigenvalue weighted by molar-refractivity contribution is 5.99. The van der Waals surface area contributed by atoms with Crippen molar-refractivity contribution < 1.29 is 4.79 Å². The monoisotopic (exact) mass is 292 g/mol. The quantitative estimate of drug-likeness (QED) is 0.803. The largest absolute Gasteiger partial charge is 0.337 e. The molecule has 2 aromatic rings. The topological polar surface area (TPSA) is 34.9 Å². The van der Waals surface area contributed by atoms with E-state index in [1.54, 1.807) is 12.5 Å². The molecular weight excluding hydrogens is 272 g/mol. The fourth-order valence-corrected chi connectivity index (χ4v) is 2.41. The summed E-state index contributed by atoms with van der Waals surface area (Å²) in [6.45, 7) is 8.88. The van der Waals surface area contributed by atoms with Crippen LogP contribution in [0.25, 0.3) is 0 Å². The Morgan fingerprint density at radius 3 is 2.25 bits per heavy atom. The van der Waals surface area contributed by atoms with E-state index < -0.39 is 0 Å². The second-order valence-electron chi connectivity index (χ2n) is 5.11. The van der Waals surface area contributed by atoms with Crippen LogP contribution in [0.4, 0.5) is 0 Å². The number of hydrogen-bond donors (Lipinski definition) is 0. The molecule has 0 saturated heterocycles. The molecule has 4 heteroatoms. The van der Waals surface area contributed by atoms with Crippen molar-refractivity contribution >= 4 is 18.2 Å². The molecule has 108 valence electrons. The number of carbonyl (C=O) groups is 1. The van der Waals surface area contributed by atoms with Crippen LogP contribution in [0.3, 0.4) is 0 Å². The zero-order valence-electron chi connectivity index (χ0n) is 12.4. The minimum Gasteiger partial charge on any atom is -0.337 e. The van der Waals surface area contributed by atoms with Crippen molar-refractivity contribution in [3.63, 3.8) is 0 Å². The molecule has 20 heavy (non-hydrogen) atoms. The number of benzene rings is 1. The Morgan fingerprint density at radius 2 is 1.75 bits per heavy atom. The van der Waals surface area contributed by atoms with Gasteiger partial charge < -0.3 is 4.57 Å². The van der Waals surface area contributed by atoms with Crippen LogP contribution < -0.4 is 0 Å². The summed E-state index contributed by atoms with van der Waals surface area (Å²) >= 11 is 0. The molecule has 1 aromatic heterocycles. The van der Waals surface area contributed by atoms with Crippen LogP contribution >= 0.6 is 12.4 Å². The molecule has 2 rings (SSSR count). The van der Waals surface area contributed by atoms with E-state index in [2.05, 4.69) is 24.9 Å². The van der Waals surface area contributed by atoms with Crippen molar-refractivity contribution in [2.45, 2.75) is 40.7 Å². The number of imidazole rings is 1. The highest BCUT2D eigenvalue weighted by Crippen LogP contribution is 2.23. The van der Waals surface area contributed by atoms with Crippen LogP contribution in [0.5, 0.6) is 0 Å². The van der Waals surface area contributed by atoms with Crippen LogP contribution in [-0.4, -0.2) is 15.3 Å². The Labute approximate surface area is 126 Å². The number of aromatic nitrogens is 2. The lowest BCUT2D eigenvalue weighted by Crippen LogP contribution is -2.10. The molecule has 0 atom stereocenters. The van der Waals surface area contributed by atoms with Crippen LogP contribution in [0.2, 0.25) is 0 Å². The van der Waals surface area contributed by atoms with E-state index in [1.807, 2.05) is 24.6 Å². The van der Waals surface area contributed by atoms with E-state index in [9.17, 15) is 4.79 Å². The predicted molar refractivity (Wildman–Crippen MR) is 83.8 cm³/mol. The molecule has 0 fully saturated rings. The highest BCUT2D eigenvalue weighted by Gasteiger charge is 2.15. The number of aryl methyl sites for hydroxylation is 3. The molecule has 0 radical (unpaired) electrons. The van der Waals surface area contributed by atoms with Gasteiger partial charge in [0.2, 0.25) is 0 Å². The second kappa shape index (κ2) is 6.71. The third kappa shape index (κ3) is 3.28. The minimum absolute atomic E-state index is 0. The Morgan fingerprint density at radius 1 is 1.15 bits per heavy atom. The third-order valence-corrected chi connectivity index (χ3v) is 3.80. The Kier molecular flexibility index (Phi) is 5.52. The smallest absolute Gasteiger partial charge is 0.165 e. The molecule has 1 heterocycles. The summed E-state index contributed by atoms with van der Waals surface area (Å²) in [6.07, 6.45) is 5.88. The first kappa shape index (κ1) is 16.4. The SMILES string of the molecule is Cc1cc(C)c(C)c(C(=O)CCn2ccnc2)c1C.Cl. The number of ketones is 1. The van der Waals surface area contributed by atoms with Crippen LogP contribution in [0.15, 0.2) is 24.8 Å². The van der Waals surface area contributed by atoms with Crippen molar-refractivity contribution in [2.24, 2.45) is 0 Å². The normalized spacial score (nSPS) is 10.2. The van der Waals surface area contributed by atoms with Crippen molar-refractivity contribution in [1.82, 2.24) is 9.55 Å². The van der Waals surface area contributed by atoms with Gasteiger partial charge in [-0.3, -0.25) is 4.79 Å². The lowest BCUT2D eigenvalue weighted by atomic mass is 9.91. The molecule has 0 aliphatic carbocycles. The molecule has 3 nitrogen and oxygen atoms in total. The van der Waals surface area contributed by atoms with Gasteiger partial charge in [-0.15, -0.1) is 12.4 Å². The molecule has 0 aliphatic heterocycles. The van der Waals surface area contributed by atoms with E-state index >= 15 is 0 Å². The van der Waals surface area contributed by atoms with Gasteiger partial charge in [-0.25, -0.2) is 4.98 Å². The first-order chi connectivity index (χ1) is 9.00. The summed E-state index contributed by atoms with van der Waals surface area (Å²) in [7, 11) is 0. The van der Waals surface area contributed by atoms with E-state index in [4.69, 9.17) is 0 Å². The molecule has 0 bridgehead atoms. The lowest BCUT2D eigenvalue weighted by Gasteiger charge is -2.14. The van der Waals surface area contributed by atoms with E-state index in [0.29, 0.717) is 13.0 Å². The predicted octanol–water partition coefficient (Wildman–Crippen LogP) is 3.81. The molecule has 0 aliphatic rings. The Hall–Kier alpha value is -1.61. The molecule has 1 aromatic carbocycles. The van der Waals surface area contributed by atoms with E-state index in [1.165, 1.54) is 11.1 Å². The van der Waals surface area contributed by atoms with Gasteiger partial charge in [0.15, 0.2) is 5.78 Å². The summed E-state index contributed by atoms with van der Waals surface area (Å²) in [5.41, 5.74) is 5.50. The van der Waals surface area contributed by atoms with E-state index in [-0.39, 0.29) is 18.2 Å². The van der Waals surface area contributed by atoms with Crippen LogP contribution in [0, 0.1) is 27.7 Å². The first-order valence-corrected chi connectivity index (χ1v) is 6.57. The number of rotatable bonds is 4. The van der Waals surface area contributed by atoms with Gasteiger partial charge in [0.05, 0.1) is 6.33 Å². The zero-order valence-corrected chi connectivity index (χ0v) is 13.3. The average molecular weight is 293 g/mol. The van der Waals surface area contributed by atoms with Gasteiger partial charge >= 0.3 is 0 Å². The number of hydrogen-bond acceptors (Lipinski definition) is 2. The van der Waals surface area contributed by atoms with Gasteiger partial charge in [-0.2, -0.15) is 0 Å². The van der Waals surface area contributed by atoms with Crippen LogP contribution in [0.1, 0.15) is 39.0 Å². The summed E-state index contributed by atoms with van der Waals surface area (Å²) in [4.78, 5) is 16.4. The van der Waals surface area contributed by atoms with Gasteiger partial charge in [-0.05, 0) is 49.9 Å².